The predicted octanol–water partition coefficient (Wildman–Crippen LogP) is 3.45. The third kappa shape index (κ3) is 3.71. The van der Waals surface area contributed by atoms with E-state index < -0.39 is 0 Å². The van der Waals surface area contributed by atoms with Crippen LogP contribution >= 0.6 is 11.6 Å². The number of nitrogens with one attached hydrogen (secondary N) is 1. The molecule has 0 aliphatic rings. The molecule has 1 aromatic heterocycles. The molecule has 0 bridgehead atoms. The Morgan fingerprint density at radius 2 is 2.31 bits per heavy atom. The molecular formula is C12H16ClN3. The standard InChI is InChI=1S/C12H16ClN3/c1-9(2)4-3-6-15-12-11(13)10(8-14)5-7-16-12/h5,7,9H,3-4,6H2,1-2H3,(H,15,16). The van der Waals surface area contributed by atoms with Gasteiger partial charge in [0.2, 0.25) is 0 Å². The number of rotatable bonds is 5. The summed E-state index contributed by atoms with van der Waals surface area (Å²) in [5.74, 6) is 1.31. The number of nitriles is 1. The number of pyridine rings is 1. The van der Waals surface area contributed by atoms with Crippen LogP contribution in [0.3, 0.4) is 0 Å². The van der Waals surface area contributed by atoms with Gasteiger partial charge in [-0.05, 0) is 24.8 Å². The fourth-order valence-corrected chi connectivity index (χ4v) is 1.59. The molecule has 0 radical (unpaired) electrons. The van der Waals surface area contributed by atoms with Crippen LogP contribution in [0.2, 0.25) is 5.02 Å². The first-order chi connectivity index (χ1) is 7.65. The van der Waals surface area contributed by atoms with Crippen LogP contribution < -0.4 is 5.32 Å². The average molecular weight is 238 g/mol. The number of aromatic nitrogens is 1. The van der Waals surface area contributed by atoms with E-state index in [-0.39, 0.29) is 0 Å². The third-order valence-electron chi connectivity index (χ3n) is 2.26. The van der Waals surface area contributed by atoms with Crippen LogP contribution in [0.1, 0.15) is 32.3 Å². The molecule has 0 aromatic carbocycles. The SMILES string of the molecule is CC(C)CCCNc1nccc(C#N)c1Cl. The quantitative estimate of drug-likeness (QED) is 0.798. The maximum Gasteiger partial charge on any atom is 0.146 e. The Morgan fingerprint density at radius 1 is 1.56 bits per heavy atom. The van der Waals surface area contributed by atoms with Crippen LogP contribution in [0.5, 0.6) is 0 Å². The molecule has 3 nitrogen and oxygen atoms in total. The van der Waals surface area contributed by atoms with E-state index in [4.69, 9.17) is 16.9 Å². The molecule has 86 valence electrons. The first-order valence-electron chi connectivity index (χ1n) is 5.43. The molecule has 1 rings (SSSR count). The lowest BCUT2D eigenvalue weighted by molar-refractivity contribution is 0.566. The minimum Gasteiger partial charge on any atom is -0.369 e. The van der Waals surface area contributed by atoms with Crippen LogP contribution in [0.4, 0.5) is 5.82 Å². The maximum absolute atomic E-state index is 8.80. The Morgan fingerprint density at radius 3 is 2.94 bits per heavy atom. The number of hydrogen-bond acceptors (Lipinski definition) is 3. The highest BCUT2D eigenvalue weighted by molar-refractivity contribution is 6.34. The van der Waals surface area contributed by atoms with E-state index in [0.717, 1.165) is 13.0 Å². The molecule has 1 aromatic rings. The highest BCUT2D eigenvalue weighted by atomic mass is 35.5. The van der Waals surface area contributed by atoms with Gasteiger partial charge in [0.1, 0.15) is 16.9 Å². The number of nitrogens with zero attached hydrogens (tertiary/aromatic N) is 2. The summed E-state index contributed by atoms with van der Waals surface area (Å²) in [5, 5.41) is 12.4. The van der Waals surface area contributed by atoms with Crippen molar-refractivity contribution in [2.45, 2.75) is 26.7 Å². The fraction of sp³-hybridized carbons (Fsp3) is 0.500. The normalized spacial score (nSPS) is 10.2. The summed E-state index contributed by atoms with van der Waals surface area (Å²) >= 11 is 6.00. The van der Waals surface area contributed by atoms with Gasteiger partial charge < -0.3 is 5.32 Å². The highest BCUT2D eigenvalue weighted by Gasteiger charge is 2.06. The Hall–Kier alpha value is -1.27. The number of anilines is 1. The second-order valence-electron chi connectivity index (χ2n) is 4.10. The van der Waals surface area contributed by atoms with Crippen molar-refractivity contribution in [3.8, 4) is 6.07 Å². The molecule has 0 saturated heterocycles. The second kappa shape index (κ2) is 6.34. The van der Waals surface area contributed by atoms with Gasteiger partial charge >= 0.3 is 0 Å². The van der Waals surface area contributed by atoms with Gasteiger partial charge in [0.15, 0.2) is 0 Å². The zero-order valence-electron chi connectivity index (χ0n) is 9.63. The fourth-order valence-electron chi connectivity index (χ4n) is 1.37. The summed E-state index contributed by atoms with van der Waals surface area (Å²) < 4.78 is 0. The van der Waals surface area contributed by atoms with Crippen molar-refractivity contribution >= 4 is 17.4 Å². The second-order valence-corrected chi connectivity index (χ2v) is 4.47. The van der Waals surface area contributed by atoms with E-state index in [1.807, 2.05) is 6.07 Å². The zero-order valence-corrected chi connectivity index (χ0v) is 10.4. The molecule has 0 atom stereocenters. The van der Waals surface area contributed by atoms with Crippen LogP contribution in [0, 0.1) is 17.2 Å². The van der Waals surface area contributed by atoms with Crippen LogP contribution in [0.15, 0.2) is 12.3 Å². The maximum atomic E-state index is 8.80. The number of halogens is 1. The molecule has 0 saturated carbocycles. The van der Waals surface area contributed by atoms with E-state index in [0.29, 0.717) is 22.3 Å². The first-order valence-corrected chi connectivity index (χ1v) is 5.81. The Balaban J connectivity index is 2.52. The monoisotopic (exact) mass is 237 g/mol. The van der Waals surface area contributed by atoms with Gasteiger partial charge in [-0.25, -0.2) is 4.98 Å². The van der Waals surface area contributed by atoms with E-state index >= 15 is 0 Å². The molecular weight excluding hydrogens is 222 g/mol. The smallest absolute Gasteiger partial charge is 0.146 e. The Bertz CT molecular complexity index is 382. The molecule has 1 heterocycles. The number of hydrogen-bond donors (Lipinski definition) is 1. The van der Waals surface area contributed by atoms with Gasteiger partial charge in [0, 0.05) is 12.7 Å². The van der Waals surface area contributed by atoms with Crippen LogP contribution in [-0.4, -0.2) is 11.5 Å². The van der Waals surface area contributed by atoms with E-state index in [2.05, 4.69) is 24.1 Å². The molecule has 0 fully saturated rings. The topological polar surface area (TPSA) is 48.7 Å². The minimum absolute atomic E-state index is 0.412. The van der Waals surface area contributed by atoms with Crippen molar-refractivity contribution in [2.75, 3.05) is 11.9 Å². The van der Waals surface area contributed by atoms with Gasteiger partial charge in [-0.15, -0.1) is 0 Å². The zero-order chi connectivity index (χ0) is 12.0. The largest absolute Gasteiger partial charge is 0.369 e. The van der Waals surface area contributed by atoms with E-state index in [1.165, 1.54) is 6.42 Å². The molecule has 0 unspecified atom stereocenters. The van der Waals surface area contributed by atoms with Crippen LogP contribution in [-0.2, 0) is 0 Å². The molecule has 1 N–H and O–H groups in total. The Kier molecular flexibility index (Phi) is 5.07. The Labute approximate surface area is 101 Å². The molecule has 0 aliphatic heterocycles. The molecule has 4 heteroatoms. The van der Waals surface area contributed by atoms with E-state index in [1.54, 1.807) is 12.3 Å². The van der Waals surface area contributed by atoms with E-state index in [9.17, 15) is 0 Å². The molecule has 0 spiro atoms. The lowest BCUT2D eigenvalue weighted by atomic mass is 10.1. The summed E-state index contributed by atoms with van der Waals surface area (Å²) in [6.07, 6.45) is 3.84. The minimum atomic E-state index is 0.412. The van der Waals surface area contributed by atoms with Gasteiger partial charge in [-0.1, -0.05) is 25.4 Å². The molecule has 16 heavy (non-hydrogen) atoms. The van der Waals surface area contributed by atoms with Crippen molar-refractivity contribution < 1.29 is 0 Å². The predicted molar refractivity (Wildman–Crippen MR) is 66.5 cm³/mol. The van der Waals surface area contributed by atoms with Crippen molar-refractivity contribution in [3.05, 3.63) is 22.8 Å². The van der Waals surface area contributed by atoms with Gasteiger partial charge in [0.25, 0.3) is 0 Å². The van der Waals surface area contributed by atoms with Crippen molar-refractivity contribution in [1.82, 2.24) is 4.98 Å². The summed E-state index contributed by atoms with van der Waals surface area (Å²) in [6, 6.07) is 3.65. The summed E-state index contributed by atoms with van der Waals surface area (Å²) in [4.78, 5) is 4.11. The average Bonchev–Trinajstić information content (AvgIpc) is 2.26. The summed E-state index contributed by atoms with van der Waals surface area (Å²) in [5.41, 5.74) is 0.461. The lowest BCUT2D eigenvalue weighted by Gasteiger charge is -2.08. The molecule has 0 aliphatic carbocycles. The molecule has 0 amide bonds. The highest BCUT2D eigenvalue weighted by Crippen LogP contribution is 2.22. The van der Waals surface area contributed by atoms with Gasteiger partial charge in [0.05, 0.1) is 5.56 Å². The van der Waals surface area contributed by atoms with Crippen LogP contribution in [0.25, 0.3) is 0 Å². The van der Waals surface area contributed by atoms with Crippen molar-refractivity contribution in [1.29, 1.82) is 5.26 Å². The van der Waals surface area contributed by atoms with Crippen molar-refractivity contribution in [2.24, 2.45) is 5.92 Å². The van der Waals surface area contributed by atoms with Gasteiger partial charge in [-0.2, -0.15) is 5.26 Å². The van der Waals surface area contributed by atoms with Gasteiger partial charge in [-0.3, -0.25) is 0 Å². The van der Waals surface area contributed by atoms with Crippen molar-refractivity contribution in [3.63, 3.8) is 0 Å². The third-order valence-corrected chi connectivity index (χ3v) is 2.64. The summed E-state index contributed by atoms with van der Waals surface area (Å²) in [6.45, 7) is 5.23. The summed E-state index contributed by atoms with van der Waals surface area (Å²) in [7, 11) is 0. The lowest BCUT2D eigenvalue weighted by Crippen LogP contribution is -2.05. The first kappa shape index (κ1) is 12.8.